The zero-order valence-electron chi connectivity index (χ0n) is 7.54. The summed E-state index contributed by atoms with van der Waals surface area (Å²) >= 11 is 0. The highest BCUT2D eigenvalue weighted by Crippen LogP contribution is 2.08. The zero-order valence-corrected chi connectivity index (χ0v) is 7.54. The third-order valence-corrected chi connectivity index (χ3v) is 1.49. The molecule has 1 rings (SSSR count). The summed E-state index contributed by atoms with van der Waals surface area (Å²) in [4.78, 5) is 32.8. The number of hydrogen-bond acceptors (Lipinski definition) is 5. The minimum atomic E-state index is -0.833. The molecule has 7 heteroatoms. The fraction of sp³-hybridized carbons (Fsp3) is 0.286. The van der Waals surface area contributed by atoms with Gasteiger partial charge in [0.15, 0.2) is 5.70 Å². The second-order valence-electron chi connectivity index (χ2n) is 2.31. The van der Waals surface area contributed by atoms with Crippen molar-refractivity contribution in [1.82, 2.24) is 10.6 Å². The van der Waals surface area contributed by atoms with E-state index in [1.807, 2.05) is 5.32 Å². The van der Waals surface area contributed by atoms with E-state index in [4.69, 9.17) is 0 Å². The van der Waals surface area contributed by atoms with E-state index in [1.165, 1.54) is 7.11 Å². The molecule has 1 saturated heterocycles. The quantitative estimate of drug-likeness (QED) is 0.254. The SMILES string of the molecule is COC(=O)/C(OC)=C1/NC(=O)NC1=O. The van der Waals surface area contributed by atoms with Gasteiger partial charge in [0.25, 0.3) is 5.91 Å². The Balaban J connectivity index is 3.06. The summed E-state index contributed by atoms with van der Waals surface area (Å²) in [6.45, 7) is 0. The highest BCUT2D eigenvalue weighted by atomic mass is 16.6. The minimum absolute atomic E-state index is 0.246. The van der Waals surface area contributed by atoms with E-state index in [-0.39, 0.29) is 11.5 Å². The molecule has 1 fully saturated rings. The van der Waals surface area contributed by atoms with E-state index in [9.17, 15) is 14.4 Å². The lowest BCUT2D eigenvalue weighted by molar-refractivity contribution is -0.140. The van der Waals surface area contributed by atoms with Crippen molar-refractivity contribution in [2.24, 2.45) is 0 Å². The Morgan fingerprint density at radius 2 is 1.79 bits per heavy atom. The maximum Gasteiger partial charge on any atom is 0.375 e. The monoisotopic (exact) mass is 200 g/mol. The summed E-state index contributed by atoms with van der Waals surface area (Å²) in [6.07, 6.45) is 0. The van der Waals surface area contributed by atoms with E-state index >= 15 is 0 Å². The molecule has 0 bridgehead atoms. The molecule has 76 valence electrons. The molecule has 1 aliphatic heterocycles. The van der Waals surface area contributed by atoms with Crippen molar-refractivity contribution in [3.8, 4) is 0 Å². The number of rotatable bonds is 2. The van der Waals surface area contributed by atoms with Crippen LogP contribution >= 0.6 is 0 Å². The highest BCUT2D eigenvalue weighted by Gasteiger charge is 2.31. The van der Waals surface area contributed by atoms with Crippen LogP contribution in [0.1, 0.15) is 0 Å². The maximum atomic E-state index is 11.1. The molecule has 0 aromatic carbocycles. The third-order valence-electron chi connectivity index (χ3n) is 1.49. The molecule has 2 N–H and O–H groups in total. The van der Waals surface area contributed by atoms with Gasteiger partial charge in [-0.25, -0.2) is 9.59 Å². The number of carbonyl (C=O) groups is 3. The number of nitrogens with one attached hydrogen (secondary N) is 2. The second-order valence-corrected chi connectivity index (χ2v) is 2.31. The van der Waals surface area contributed by atoms with Gasteiger partial charge in [0.05, 0.1) is 14.2 Å². The molecule has 0 saturated carbocycles. The molecule has 7 nitrogen and oxygen atoms in total. The summed E-state index contributed by atoms with van der Waals surface area (Å²) in [6, 6.07) is -0.705. The molecule has 0 spiro atoms. The number of hydrogen-bond donors (Lipinski definition) is 2. The van der Waals surface area contributed by atoms with Gasteiger partial charge in [-0.2, -0.15) is 0 Å². The van der Waals surface area contributed by atoms with Crippen molar-refractivity contribution in [2.45, 2.75) is 0 Å². The van der Waals surface area contributed by atoms with Gasteiger partial charge >= 0.3 is 12.0 Å². The van der Waals surface area contributed by atoms with E-state index in [0.717, 1.165) is 7.11 Å². The fourth-order valence-electron chi connectivity index (χ4n) is 0.907. The molecule has 0 unspecified atom stereocenters. The Hall–Kier alpha value is -2.05. The molecule has 1 aliphatic rings. The molecular formula is C7H8N2O5. The van der Waals surface area contributed by atoms with Crippen LogP contribution in [0, 0.1) is 0 Å². The van der Waals surface area contributed by atoms with Crippen LogP contribution in [0.4, 0.5) is 4.79 Å². The largest absolute Gasteiger partial charge is 0.488 e. The highest BCUT2D eigenvalue weighted by molar-refractivity contribution is 6.14. The van der Waals surface area contributed by atoms with Gasteiger partial charge in [-0.3, -0.25) is 15.4 Å². The Morgan fingerprint density at radius 1 is 1.14 bits per heavy atom. The smallest absolute Gasteiger partial charge is 0.375 e. The maximum absolute atomic E-state index is 11.1. The van der Waals surface area contributed by atoms with Gasteiger partial charge in [-0.05, 0) is 0 Å². The number of methoxy groups -OCH3 is 2. The van der Waals surface area contributed by atoms with E-state index < -0.39 is 17.9 Å². The molecule has 0 atom stereocenters. The van der Waals surface area contributed by atoms with Crippen LogP contribution in [0.5, 0.6) is 0 Å². The number of urea groups is 1. The van der Waals surface area contributed by atoms with Crippen LogP contribution in [0.15, 0.2) is 11.5 Å². The first-order chi connectivity index (χ1) is 6.60. The van der Waals surface area contributed by atoms with Crippen molar-refractivity contribution >= 4 is 17.9 Å². The first kappa shape index (κ1) is 10.0. The van der Waals surface area contributed by atoms with E-state index in [2.05, 4.69) is 14.8 Å². The second kappa shape index (κ2) is 3.77. The molecule has 0 radical (unpaired) electrons. The van der Waals surface area contributed by atoms with Crippen molar-refractivity contribution in [1.29, 1.82) is 0 Å². The predicted molar refractivity (Wildman–Crippen MR) is 42.7 cm³/mol. The fourth-order valence-corrected chi connectivity index (χ4v) is 0.907. The van der Waals surface area contributed by atoms with Gasteiger partial charge in [0.2, 0.25) is 5.76 Å². The molecule has 14 heavy (non-hydrogen) atoms. The van der Waals surface area contributed by atoms with Gasteiger partial charge in [-0.15, -0.1) is 0 Å². The lowest BCUT2D eigenvalue weighted by Crippen LogP contribution is -2.22. The molecule has 1 heterocycles. The minimum Gasteiger partial charge on any atom is -0.488 e. The molecule has 0 aromatic heterocycles. The number of carbonyl (C=O) groups excluding carboxylic acids is 3. The number of amides is 3. The molecular weight excluding hydrogens is 192 g/mol. The van der Waals surface area contributed by atoms with Crippen molar-refractivity contribution in [3.63, 3.8) is 0 Å². The van der Waals surface area contributed by atoms with Gasteiger partial charge in [0, 0.05) is 0 Å². The van der Waals surface area contributed by atoms with Crippen molar-refractivity contribution in [3.05, 3.63) is 11.5 Å². The summed E-state index contributed by atoms with van der Waals surface area (Å²) < 4.78 is 8.98. The van der Waals surface area contributed by atoms with Crippen molar-refractivity contribution in [2.75, 3.05) is 14.2 Å². The van der Waals surface area contributed by atoms with Crippen LogP contribution in [0.2, 0.25) is 0 Å². The predicted octanol–water partition coefficient (Wildman–Crippen LogP) is -1.14. The Bertz CT molecular complexity index is 333. The normalized spacial score (nSPS) is 18.4. The lowest BCUT2D eigenvalue weighted by atomic mass is 10.3. The zero-order chi connectivity index (χ0) is 10.7. The first-order valence-corrected chi connectivity index (χ1v) is 3.59. The Kier molecular flexibility index (Phi) is 2.70. The lowest BCUT2D eigenvalue weighted by Gasteiger charge is -2.04. The average molecular weight is 200 g/mol. The van der Waals surface area contributed by atoms with Crippen LogP contribution in [-0.4, -0.2) is 32.1 Å². The average Bonchev–Trinajstić information content (AvgIpc) is 2.47. The number of imide groups is 1. The topological polar surface area (TPSA) is 93.7 Å². The molecule has 0 aliphatic carbocycles. The van der Waals surface area contributed by atoms with Crippen LogP contribution in [0.3, 0.4) is 0 Å². The van der Waals surface area contributed by atoms with E-state index in [1.54, 1.807) is 0 Å². The summed E-state index contributed by atoms with van der Waals surface area (Å²) in [5.41, 5.74) is -0.246. The van der Waals surface area contributed by atoms with Crippen molar-refractivity contribution < 1.29 is 23.9 Å². The Labute approximate surface area is 79.0 Å². The van der Waals surface area contributed by atoms with Gasteiger partial charge in [0.1, 0.15) is 0 Å². The standard InChI is InChI=1S/C7H8N2O5/c1-13-4(6(11)14-2)3-5(10)9-7(12)8-3/h1-2H3,(H2,8,9,10,12)/b4-3-. The van der Waals surface area contributed by atoms with Crippen LogP contribution in [-0.2, 0) is 19.1 Å². The van der Waals surface area contributed by atoms with Crippen LogP contribution < -0.4 is 10.6 Å². The third kappa shape index (κ3) is 1.65. The summed E-state index contributed by atoms with van der Waals surface area (Å²) in [7, 11) is 2.33. The Morgan fingerprint density at radius 3 is 2.14 bits per heavy atom. The van der Waals surface area contributed by atoms with Gasteiger partial charge < -0.3 is 9.47 Å². The van der Waals surface area contributed by atoms with Gasteiger partial charge in [-0.1, -0.05) is 0 Å². The van der Waals surface area contributed by atoms with Crippen LogP contribution in [0.25, 0.3) is 0 Å². The molecule has 0 aromatic rings. The first-order valence-electron chi connectivity index (χ1n) is 3.59. The van der Waals surface area contributed by atoms with E-state index in [0.29, 0.717) is 0 Å². The summed E-state index contributed by atoms with van der Waals surface area (Å²) in [5.74, 6) is -1.90. The summed E-state index contributed by atoms with van der Waals surface area (Å²) in [5, 5.41) is 4.05. The number of esters is 1. The molecule has 3 amide bonds. The number of ether oxygens (including phenoxy) is 2.